The molecule has 2 N–H and O–H groups in total. The number of rotatable bonds is 7. The molecular formula is C35H43N7O2. The fourth-order valence-corrected chi connectivity index (χ4v) is 6.52. The average Bonchev–Trinajstić information content (AvgIpc) is 3.02. The number of hydrogen-bond donors (Lipinski definition) is 2. The van der Waals surface area contributed by atoms with E-state index < -0.39 is 0 Å². The lowest BCUT2D eigenvalue weighted by molar-refractivity contribution is 0.180. The minimum absolute atomic E-state index is 0.00225. The third-order valence-corrected chi connectivity index (χ3v) is 8.91. The first-order valence-electron chi connectivity index (χ1n) is 15.9. The Morgan fingerprint density at radius 1 is 0.932 bits per heavy atom. The van der Waals surface area contributed by atoms with Gasteiger partial charge in [-0.1, -0.05) is 54.6 Å². The van der Waals surface area contributed by atoms with Crippen molar-refractivity contribution >= 4 is 23.0 Å². The van der Waals surface area contributed by atoms with E-state index >= 15 is 0 Å². The molecule has 4 aromatic rings. The van der Waals surface area contributed by atoms with Crippen molar-refractivity contribution in [2.45, 2.75) is 71.1 Å². The Morgan fingerprint density at radius 3 is 2.34 bits per heavy atom. The highest BCUT2D eigenvalue weighted by Gasteiger charge is 2.27. The standard InChI is InChI=1S/C35H43N7O2/c1-24(2)37-35(44)41-19-13-28(14-20-41)38-34-36-22-27-21-31(30-12-8-7-9-25(30)3)33(43)42(32(27)39-34)29-15-17-40(18-16-29)23-26-10-5-4-6-11-26/h4-12,21-22,24,28-29H,13-20,23H2,1-3H3,(H,37,44)(H,36,38,39). The molecule has 4 heterocycles. The zero-order chi connectivity index (χ0) is 30.6. The van der Waals surface area contributed by atoms with Gasteiger partial charge in [0.25, 0.3) is 5.56 Å². The van der Waals surface area contributed by atoms with Gasteiger partial charge in [0.2, 0.25) is 5.95 Å². The topological polar surface area (TPSA) is 95.4 Å². The summed E-state index contributed by atoms with van der Waals surface area (Å²) in [5.74, 6) is 0.529. The van der Waals surface area contributed by atoms with Crippen molar-refractivity contribution in [1.29, 1.82) is 0 Å². The molecule has 2 aromatic heterocycles. The lowest BCUT2D eigenvalue weighted by Gasteiger charge is -2.34. The Bertz CT molecular complexity index is 1650. The van der Waals surface area contributed by atoms with Gasteiger partial charge in [0, 0.05) is 68.0 Å². The van der Waals surface area contributed by atoms with Crippen molar-refractivity contribution < 1.29 is 4.79 Å². The van der Waals surface area contributed by atoms with E-state index in [0.29, 0.717) is 30.2 Å². The quantitative estimate of drug-likeness (QED) is 0.290. The maximum atomic E-state index is 14.3. The van der Waals surface area contributed by atoms with Gasteiger partial charge in [0.15, 0.2) is 0 Å². The normalized spacial score (nSPS) is 16.9. The molecule has 2 aliphatic rings. The second kappa shape index (κ2) is 13.2. The van der Waals surface area contributed by atoms with Crippen molar-refractivity contribution in [1.82, 2.24) is 29.7 Å². The van der Waals surface area contributed by atoms with Crippen LogP contribution < -0.4 is 16.2 Å². The van der Waals surface area contributed by atoms with Gasteiger partial charge < -0.3 is 15.5 Å². The van der Waals surface area contributed by atoms with Crippen molar-refractivity contribution in [3.8, 4) is 11.1 Å². The van der Waals surface area contributed by atoms with Crippen molar-refractivity contribution in [3.63, 3.8) is 0 Å². The number of aryl methyl sites for hydroxylation is 1. The monoisotopic (exact) mass is 593 g/mol. The largest absolute Gasteiger partial charge is 0.351 e. The van der Waals surface area contributed by atoms with Crippen LogP contribution >= 0.6 is 0 Å². The van der Waals surface area contributed by atoms with E-state index in [2.05, 4.69) is 50.8 Å². The molecule has 0 atom stereocenters. The van der Waals surface area contributed by atoms with Crippen LogP contribution in [0.5, 0.6) is 0 Å². The Balaban J connectivity index is 1.27. The van der Waals surface area contributed by atoms with Crippen LogP contribution in [-0.4, -0.2) is 68.6 Å². The fourth-order valence-electron chi connectivity index (χ4n) is 6.52. The fraction of sp³-hybridized carbons (Fsp3) is 0.429. The molecule has 2 aliphatic heterocycles. The van der Waals surface area contributed by atoms with Crippen molar-refractivity contribution in [2.24, 2.45) is 0 Å². The molecule has 2 saturated heterocycles. The van der Waals surface area contributed by atoms with Crippen LogP contribution in [0.4, 0.5) is 10.7 Å². The van der Waals surface area contributed by atoms with Crippen LogP contribution in [-0.2, 0) is 6.54 Å². The summed E-state index contributed by atoms with van der Waals surface area (Å²) in [5, 5.41) is 7.35. The van der Waals surface area contributed by atoms with Gasteiger partial charge in [-0.3, -0.25) is 14.3 Å². The number of carbonyl (C=O) groups excluding carboxylic acids is 1. The summed E-state index contributed by atoms with van der Waals surface area (Å²) in [6, 6.07) is 20.9. The first-order chi connectivity index (χ1) is 21.4. The number of benzene rings is 2. The average molecular weight is 594 g/mol. The summed E-state index contributed by atoms with van der Waals surface area (Å²) in [6.45, 7) is 10.1. The molecule has 9 heteroatoms. The number of anilines is 1. The predicted molar refractivity (Wildman–Crippen MR) is 176 cm³/mol. The van der Waals surface area contributed by atoms with Crippen LogP contribution in [0.1, 0.15) is 56.7 Å². The van der Waals surface area contributed by atoms with Crippen molar-refractivity contribution in [2.75, 3.05) is 31.5 Å². The van der Waals surface area contributed by atoms with E-state index in [4.69, 9.17) is 4.98 Å². The smallest absolute Gasteiger partial charge is 0.317 e. The number of aromatic nitrogens is 3. The molecule has 2 aromatic carbocycles. The number of amides is 2. The summed E-state index contributed by atoms with van der Waals surface area (Å²) >= 11 is 0. The van der Waals surface area contributed by atoms with E-state index in [1.807, 2.05) is 66.8 Å². The molecule has 44 heavy (non-hydrogen) atoms. The summed E-state index contributed by atoms with van der Waals surface area (Å²) < 4.78 is 1.95. The van der Waals surface area contributed by atoms with Gasteiger partial charge in [-0.15, -0.1) is 0 Å². The molecule has 0 radical (unpaired) electrons. The number of hydrogen-bond acceptors (Lipinski definition) is 6. The molecule has 0 aliphatic carbocycles. The number of nitrogens with zero attached hydrogens (tertiary/aromatic N) is 5. The van der Waals surface area contributed by atoms with E-state index in [9.17, 15) is 9.59 Å². The number of pyridine rings is 1. The summed E-state index contributed by atoms with van der Waals surface area (Å²) in [5.41, 5.74) is 4.71. The first-order valence-corrected chi connectivity index (χ1v) is 15.9. The lowest BCUT2D eigenvalue weighted by Crippen LogP contribution is -2.48. The second-order valence-electron chi connectivity index (χ2n) is 12.5. The molecule has 230 valence electrons. The van der Waals surface area contributed by atoms with Gasteiger partial charge in [0.1, 0.15) is 5.65 Å². The number of carbonyl (C=O) groups is 1. The minimum Gasteiger partial charge on any atom is -0.351 e. The molecule has 0 unspecified atom stereocenters. The molecule has 2 fully saturated rings. The number of nitrogens with one attached hydrogen (secondary N) is 2. The van der Waals surface area contributed by atoms with Crippen molar-refractivity contribution in [3.05, 3.63) is 88.3 Å². The highest BCUT2D eigenvalue weighted by Crippen LogP contribution is 2.29. The number of urea groups is 1. The third-order valence-electron chi connectivity index (χ3n) is 8.91. The Morgan fingerprint density at radius 2 is 1.64 bits per heavy atom. The second-order valence-corrected chi connectivity index (χ2v) is 12.5. The van der Waals surface area contributed by atoms with Crippen LogP contribution in [0.2, 0.25) is 0 Å². The zero-order valence-corrected chi connectivity index (χ0v) is 26.0. The van der Waals surface area contributed by atoms with Gasteiger partial charge >= 0.3 is 6.03 Å². The van der Waals surface area contributed by atoms with E-state index in [1.54, 1.807) is 0 Å². The van der Waals surface area contributed by atoms with E-state index in [1.165, 1.54) is 5.56 Å². The van der Waals surface area contributed by atoms with Gasteiger partial charge in [-0.2, -0.15) is 4.98 Å². The summed E-state index contributed by atoms with van der Waals surface area (Å²) in [6.07, 6.45) is 5.22. The molecule has 9 nitrogen and oxygen atoms in total. The van der Waals surface area contributed by atoms with Gasteiger partial charge in [-0.25, -0.2) is 9.78 Å². The first kappa shape index (κ1) is 29.8. The summed E-state index contributed by atoms with van der Waals surface area (Å²) in [4.78, 5) is 40.8. The molecule has 0 bridgehead atoms. The van der Waals surface area contributed by atoms with Crippen LogP contribution in [0.25, 0.3) is 22.2 Å². The van der Waals surface area contributed by atoms with E-state index in [0.717, 1.165) is 61.8 Å². The highest BCUT2D eigenvalue weighted by molar-refractivity contribution is 5.82. The predicted octanol–water partition coefficient (Wildman–Crippen LogP) is 5.60. The number of likely N-dealkylation sites (tertiary alicyclic amines) is 2. The highest BCUT2D eigenvalue weighted by atomic mass is 16.2. The number of piperidine rings is 2. The third kappa shape index (κ3) is 6.63. The van der Waals surface area contributed by atoms with Crippen LogP contribution in [0.3, 0.4) is 0 Å². The van der Waals surface area contributed by atoms with Gasteiger partial charge in [-0.05, 0) is 69.2 Å². The molecule has 6 rings (SSSR count). The molecule has 0 saturated carbocycles. The minimum atomic E-state index is -0.0105. The maximum Gasteiger partial charge on any atom is 0.317 e. The lowest BCUT2D eigenvalue weighted by atomic mass is 9.99. The Labute approximate surface area is 259 Å². The zero-order valence-electron chi connectivity index (χ0n) is 26.0. The van der Waals surface area contributed by atoms with Gasteiger partial charge in [0.05, 0.1) is 0 Å². The molecule has 0 spiro atoms. The Hall–Kier alpha value is -4.24. The Kier molecular flexibility index (Phi) is 8.93. The van der Waals surface area contributed by atoms with Crippen LogP contribution in [0, 0.1) is 6.92 Å². The van der Waals surface area contributed by atoms with Crippen LogP contribution in [0.15, 0.2) is 71.7 Å². The molecule has 2 amide bonds. The maximum absolute atomic E-state index is 14.3. The SMILES string of the molecule is Cc1ccccc1-c1cc2cnc(NC3CCN(C(=O)NC(C)C)CC3)nc2n(C2CCN(Cc3ccccc3)CC2)c1=O. The molecular weight excluding hydrogens is 550 g/mol. The van der Waals surface area contributed by atoms with E-state index in [-0.39, 0.29) is 29.7 Å². The summed E-state index contributed by atoms with van der Waals surface area (Å²) in [7, 11) is 0. The number of fused-ring (bicyclic) bond motifs is 1.